The van der Waals surface area contributed by atoms with Crippen LogP contribution in [0, 0.1) is 19.7 Å². The van der Waals surface area contributed by atoms with Gasteiger partial charge >= 0.3 is 12.1 Å². The van der Waals surface area contributed by atoms with Gasteiger partial charge in [-0.1, -0.05) is 6.07 Å². The first-order valence-electron chi connectivity index (χ1n) is 12.0. The van der Waals surface area contributed by atoms with E-state index in [1.807, 2.05) is 0 Å². The predicted octanol–water partition coefficient (Wildman–Crippen LogP) is 2.92. The van der Waals surface area contributed by atoms with Gasteiger partial charge in [0, 0.05) is 31.1 Å². The lowest BCUT2D eigenvalue weighted by Gasteiger charge is -2.37. The molecule has 0 spiro atoms. The van der Waals surface area contributed by atoms with Gasteiger partial charge in [0.25, 0.3) is 11.5 Å². The van der Waals surface area contributed by atoms with Crippen LogP contribution in [-0.2, 0) is 16.0 Å². The Bertz CT molecular complexity index is 1310. The van der Waals surface area contributed by atoms with Crippen LogP contribution < -0.4 is 5.56 Å². The number of halogens is 5. The summed E-state index contributed by atoms with van der Waals surface area (Å²) in [5.41, 5.74) is 2.25. The number of benzene rings is 1. The monoisotopic (exact) mass is 558 g/mol. The van der Waals surface area contributed by atoms with Crippen LogP contribution in [-0.4, -0.2) is 80.9 Å². The minimum atomic E-state index is -5.08. The molecule has 2 atom stereocenters. The summed E-state index contributed by atoms with van der Waals surface area (Å²) in [6.07, 6.45) is -4.21. The molecule has 2 fully saturated rings. The zero-order valence-electron chi connectivity index (χ0n) is 21.1. The third-order valence-electron chi connectivity index (χ3n) is 6.83. The van der Waals surface area contributed by atoms with Crippen molar-refractivity contribution < 1.29 is 41.4 Å². The first-order chi connectivity index (χ1) is 18.2. The van der Waals surface area contributed by atoms with Crippen molar-refractivity contribution in [3.05, 3.63) is 62.3 Å². The van der Waals surface area contributed by atoms with Gasteiger partial charge in [-0.15, -0.1) is 0 Å². The number of carbonyl (C=O) groups excluding carboxylic acids is 2. The summed E-state index contributed by atoms with van der Waals surface area (Å²) in [5, 5.41) is 13.6. The lowest BCUT2D eigenvalue weighted by molar-refractivity contribution is -0.192. The van der Waals surface area contributed by atoms with Gasteiger partial charge in [0.2, 0.25) is 5.91 Å². The predicted molar refractivity (Wildman–Crippen MR) is 127 cm³/mol. The molecule has 39 heavy (non-hydrogen) atoms. The number of aromatic amines is 1. The van der Waals surface area contributed by atoms with E-state index >= 15 is 0 Å². The molecule has 9 nitrogen and oxygen atoms in total. The largest absolute Gasteiger partial charge is 0.490 e. The number of hydrogen-bond acceptors (Lipinski definition) is 5. The average Bonchev–Trinajstić information content (AvgIpc) is 3.30. The minimum Gasteiger partial charge on any atom is -0.475 e. The summed E-state index contributed by atoms with van der Waals surface area (Å²) < 4.78 is 59.8. The van der Waals surface area contributed by atoms with E-state index < -0.39 is 30.0 Å². The average molecular weight is 559 g/mol. The normalized spacial score (nSPS) is 19.5. The van der Waals surface area contributed by atoms with Gasteiger partial charge in [-0.25, -0.2) is 18.7 Å². The number of H-pyrrole nitrogens is 1. The van der Waals surface area contributed by atoms with E-state index in [2.05, 4.69) is 10.2 Å². The van der Waals surface area contributed by atoms with Gasteiger partial charge < -0.3 is 14.9 Å². The molecule has 2 aliphatic rings. The van der Waals surface area contributed by atoms with Gasteiger partial charge in [0.1, 0.15) is 18.5 Å². The van der Waals surface area contributed by atoms with Crippen LogP contribution in [0.4, 0.5) is 22.0 Å². The zero-order chi connectivity index (χ0) is 29.1. The highest BCUT2D eigenvalue weighted by atomic mass is 19.4. The van der Waals surface area contributed by atoms with Crippen molar-refractivity contribution in [1.29, 1.82) is 0 Å². The maximum Gasteiger partial charge on any atom is 0.490 e. The van der Waals surface area contributed by atoms with Crippen LogP contribution >= 0.6 is 0 Å². The van der Waals surface area contributed by atoms with Crippen molar-refractivity contribution in [1.82, 2.24) is 20.0 Å². The second-order valence-corrected chi connectivity index (χ2v) is 9.42. The van der Waals surface area contributed by atoms with Gasteiger partial charge in [-0.2, -0.15) is 18.3 Å². The molecule has 2 N–H and O–H groups in total. The standard InChI is InChI=1S/C23H26F2N4O3.C2HF3O2/c1-13-14(2)22(31)27-26-20(13)10-15-3-6-19(25)18(9-15)23(32)28-7-8-29(21(30)12-28)17-5-4-16(24)11-17;3-2(4,5)1(6)7/h3,6,9,16-17H,4-5,7-8,10-12H2,1-2H3,(H,27,31);(H,6,7). The number of nitrogens with zero attached hydrogens (tertiary/aromatic N) is 3. The van der Waals surface area contributed by atoms with E-state index in [1.54, 1.807) is 24.8 Å². The van der Waals surface area contributed by atoms with Crippen molar-refractivity contribution >= 4 is 17.8 Å². The van der Waals surface area contributed by atoms with Crippen molar-refractivity contribution in [2.24, 2.45) is 0 Å². The number of carbonyl (C=O) groups is 3. The third-order valence-corrected chi connectivity index (χ3v) is 6.83. The fourth-order valence-corrected chi connectivity index (χ4v) is 4.49. The summed E-state index contributed by atoms with van der Waals surface area (Å²) in [5.74, 6) is -4.20. The SMILES string of the molecule is Cc1c(Cc2ccc(F)c(C(=O)N3CCN(C4CCC(F)C4)C(=O)C3)c2)n[nH]c(=O)c1C.O=C(O)C(F)(F)F. The number of aromatic nitrogens is 2. The van der Waals surface area contributed by atoms with Crippen LogP contribution in [0.2, 0.25) is 0 Å². The number of amides is 2. The molecule has 212 valence electrons. The van der Waals surface area contributed by atoms with Gasteiger partial charge in [-0.05, 0) is 56.4 Å². The summed E-state index contributed by atoms with van der Waals surface area (Å²) in [4.78, 5) is 49.2. The lowest BCUT2D eigenvalue weighted by atomic mass is 10.0. The second-order valence-electron chi connectivity index (χ2n) is 9.42. The maximum atomic E-state index is 14.5. The number of carboxylic acid groups (broad SMARTS) is 1. The molecule has 2 heterocycles. The van der Waals surface area contributed by atoms with Crippen molar-refractivity contribution in [3.8, 4) is 0 Å². The van der Waals surface area contributed by atoms with Crippen LogP contribution in [0.15, 0.2) is 23.0 Å². The molecule has 14 heteroatoms. The minimum absolute atomic E-state index is 0.104. The van der Waals surface area contributed by atoms with E-state index in [4.69, 9.17) is 9.90 Å². The Morgan fingerprint density at radius 2 is 1.79 bits per heavy atom. The number of rotatable bonds is 4. The number of aliphatic carboxylic acids is 1. The van der Waals surface area contributed by atoms with Crippen LogP contribution in [0.1, 0.15) is 52.0 Å². The second kappa shape index (κ2) is 11.9. The summed E-state index contributed by atoms with van der Waals surface area (Å²) >= 11 is 0. The van der Waals surface area contributed by atoms with E-state index in [9.17, 15) is 36.3 Å². The van der Waals surface area contributed by atoms with Crippen LogP contribution in [0.25, 0.3) is 0 Å². The van der Waals surface area contributed by atoms with E-state index in [0.29, 0.717) is 49.0 Å². The number of alkyl halides is 4. The molecule has 0 radical (unpaired) electrons. The molecule has 4 rings (SSSR count). The van der Waals surface area contributed by atoms with Gasteiger partial charge in [0.05, 0.1) is 11.3 Å². The highest BCUT2D eigenvalue weighted by molar-refractivity contribution is 5.97. The first kappa shape index (κ1) is 29.7. The first-order valence-corrected chi connectivity index (χ1v) is 12.0. The number of carboxylic acids is 1. The summed E-state index contributed by atoms with van der Waals surface area (Å²) in [6, 6.07) is 4.16. The Balaban J connectivity index is 0.000000532. The summed E-state index contributed by atoms with van der Waals surface area (Å²) in [7, 11) is 0. The van der Waals surface area contributed by atoms with E-state index in [0.717, 1.165) is 5.56 Å². The Labute approximate surface area is 219 Å². The Hall–Kier alpha value is -3.84. The number of hydrogen-bond donors (Lipinski definition) is 2. The summed E-state index contributed by atoms with van der Waals surface area (Å²) in [6.45, 7) is 3.96. The molecule has 1 aliphatic heterocycles. The molecule has 0 bridgehead atoms. The van der Waals surface area contributed by atoms with E-state index in [-0.39, 0.29) is 36.2 Å². The fraction of sp³-hybridized carbons (Fsp3) is 0.480. The van der Waals surface area contributed by atoms with Crippen molar-refractivity contribution in [2.45, 2.75) is 57.9 Å². The quantitative estimate of drug-likeness (QED) is 0.557. The van der Waals surface area contributed by atoms with Gasteiger partial charge in [0.15, 0.2) is 0 Å². The third kappa shape index (κ3) is 7.18. The number of piperazine rings is 1. The molecular formula is C25H27F5N4O5. The van der Waals surface area contributed by atoms with Gasteiger partial charge in [-0.3, -0.25) is 14.4 Å². The van der Waals surface area contributed by atoms with E-state index in [1.165, 1.54) is 17.0 Å². The van der Waals surface area contributed by atoms with Crippen LogP contribution in [0.5, 0.6) is 0 Å². The zero-order valence-corrected chi connectivity index (χ0v) is 21.1. The molecule has 2 aromatic rings. The Kier molecular flexibility index (Phi) is 9.07. The fourth-order valence-electron chi connectivity index (χ4n) is 4.49. The molecule has 2 unspecified atom stereocenters. The van der Waals surface area contributed by atoms with Crippen molar-refractivity contribution in [2.75, 3.05) is 19.6 Å². The molecular weight excluding hydrogens is 531 g/mol. The molecule has 2 amide bonds. The molecule has 1 saturated heterocycles. The van der Waals surface area contributed by atoms with Crippen molar-refractivity contribution in [3.63, 3.8) is 0 Å². The molecule has 1 aromatic carbocycles. The molecule has 1 aromatic heterocycles. The topological polar surface area (TPSA) is 124 Å². The molecule has 1 saturated carbocycles. The Morgan fingerprint density at radius 1 is 1.13 bits per heavy atom. The van der Waals surface area contributed by atoms with Crippen LogP contribution in [0.3, 0.4) is 0 Å². The lowest BCUT2D eigenvalue weighted by Crippen LogP contribution is -2.55. The Morgan fingerprint density at radius 3 is 2.36 bits per heavy atom. The number of nitrogens with one attached hydrogen (secondary N) is 1. The smallest absolute Gasteiger partial charge is 0.475 e. The molecule has 1 aliphatic carbocycles. The maximum absolute atomic E-state index is 14.5. The highest BCUT2D eigenvalue weighted by Crippen LogP contribution is 2.28. The highest BCUT2D eigenvalue weighted by Gasteiger charge is 2.38.